The van der Waals surface area contributed by atoms with E-state index in [0.717, 1.165) is 53.2 Å². The van der Waals surface area contributed by atoms with Crippen LogP contribution < -0.4 is 10.6 Å². The number of aryl methyl sites for hydroxylation is 1. The second-order valence-electron chi connectivity index (χ2n) is 10.3. The molecule has 0 fully saturated rings. The molecule has 34 heavy (non-hydrogen) atoms. The van der Waals surface area contributed by atoms with Crippen molar-refractivity contribution in [2.24, 2.45) is 5.73 Å². The molecule has 2 aromatic heterocycles. The number of carbonyl (C=O) groups is 1. The van der Waals surface area contributed by atoms with Crippen LogP contribution >= 0.6 is 22.7 Å². The molecular weight excluding hydrogens is 460 g/mol. The molecule has 2 aliphatic carbocycles. The van der Waals surface area contributed by atoms with Crippen molar-refractivity contribution in [3.63, 3.8) is 0 Å². The van der Waals surface area contributed by atoms with Gasteiger partial charge in [-0.25, -0.2) is 0 Å². The first-order chi connectivity index (χ1) is 16.3. The third-order valence-electron chi connectivity index (χ3n) is 7.03. The Bertz CT molecular complexity index is 1340. The third-order valence-corrected chi connectivity index (χ3v) is 9.88. The van der Waals surface area contributed by atoms with Gasteiger partial charge in [-0.2, -0.15) is 10.5 Å². The molecule has 7 heteroatoms. The van der Waals surface area contributed by atoms with Crippen LogP contribution in [0.2, 0.25) is 0 Å². The maximum atomic E-state index is 13.4. The maximum Gasteiger partial charge on any atom is 0.161 e. The number of fused-ring (bicyclic) bond motifs is 1. The van der Waals surface area contributed by atoms with Crippen LogP contribution in [-0.2, 0) is 23.1 Å². The summed E-state index contributed by atoms with van der Waals surface area (Å²) in [6, 6.07) is 8.94. The number of anilines is 1. The van der Waals surface area contributed by atoms with Gasteiger partial charge in [-0.3, -0.25) is 9.69 Å². The average Bonchev–Trinajstić information content (AvgIpc) is 3.43. The zero-order valence-corrected chi connectivity index (χ0v) is 21.5. The summed E-state index contributed by atoms with van der Waals surface area (Å²) >= 11 is 3.26. The van der Waals surface area contributed by atoms with Crippen molar-refractivity contribution < 1.29 is 4.79 Å². The van der Waals surface area contributed by atoms with Gasteiger partial charge in [0.1, 0.15) is 16.9 Å². The number of thiophene rings is 2. The number of allylic oxidation sites excluding steroid dienone is 3. The van der Waals surface area contributed by atoms with Gasteiger partial charge in [-0.1, -0.05) is 20.8 Å². The first-order valence-corrected chi connectivity index (χ1v) is 13.5. The summed E-state index contributed by atoms with van der Waals surface area (Å²) < 4.78 is 0. The monoisotopic (exact) mass is 488 g/mol. The second kappa shape index (κ2) is 8.41. The van der Waals surface area contributed by atoms with Crippen LogP contribution in [0.4, 0.5) is 5.00 Å². The molecule has 3 aliphatic rings. The molecular formula is C27H28N4OS2. The van der Waals surface area contributed by atoms with Crippen molar-refractivity contribution in [1.82, 2.24) is 0 Å². The van der Waals surface area contributed by atoms with Crippen LogP contribution in [0.1, 0.15) is 84.6 Å². The van der Waals surface area contributed by atoms with Gasteiger partial charge in [0.15, 0.2) is 5.78 Å². The van der Waals surface area contributed by atoms with Gasteiger partial charge >= 0.3 is 0 Å². The van der Waals surface area contributed by atoms with Gasteiger partial charge in [-0.15, -0.1) is 22.7 Å². The molecule has 1 aliphatic heterocycles. The van der Waals surface area contributed by atoms with Crippen LogP contribution in [0, 0.1) is 22.7 Å². The van der Waals surface area contributed by atoms with Crippen LogP contribution in [0.15, 0.2) is 34.8 Å². The lowest BCUT2D eigenvalue weighted by Crippen LogP contribution is -2.38. The number of rotatable bonds is 2. The summed E-state index contributed by atoms with van der Waals surface area (Å²) in [5.74, 6) is 0.00839. The van der Waals surface area contributed by atoms with Gasteiger partial charge in [-0.05, 0) is 61.6 Å². The van der Waals surface area contributed by atoms with Crippen LogP contribution in [0.3, 0.4) is 0 Å². The highest BCUT2D eigenvalue weighted by Crippen LogP contribution is 2.51. The molecule has 3 heterocycles. The van der Waals surface area contributed by atoms with Crippen LogP contribution in [0.25, 0.3) is 0 Å². The van der Waals surface area contributed by atoms with E-state index in [1.807, 2.05) is 11.0 Å². The van der Waals surface area contributed by atoms with Gasteiger partial charge in [0.05, 0.1) is 23.1 Å². The van der Waals surface area contributed by atoms with E-state index in [9.17, 15) is 15.3 Å². The molecule has 2 N–H and O–H groups in total. The predicted octanol–water partition coefficient (Wildman–Crippen LogP) is 6.16. The second-order valence-corrected chi connectivity index (χ2v) is 12.5. The molecule has 0 bridgehead atoms. The zero-order chi connectivity index (χ0) is 24.2. The van der Waals surface area contributed by atoms with Gasteiger partial charge in [0.2, 0.25) is 0 Å². The SMILES string of the molecule is CC(C)(C)c1ccc([C@@H]2C(C#N)=C(N)N(c3sc4c(c3C#N)CCCC4)C3=C2C(=O)CCC3)s1. The number of ketones is 1. The third kappa shape index (κ3) is 3.50. The number of carbonyl (C=O) groups excluding carboxylic acids is 1. The van der Waals surface area contributed by atoms with Gasteiger partial charge < -0.3 is 5.73 Å². The summed E-state index contributed by atoms with van der Waals surface area (Å²) in [7, 11) is 0. The fraction of sp³-hybridized carbons (Fsp3) is 0.444. The van der Waals surface area contributed by atoms with Crippen molar-refractivity contribution in [3.8, 4) is 12.1 Å². The fourth-order valence-electron chi connectivity index (χ4n) is 5.34. The normalized spacial score (nSPS) is 20.7. The molecule has 5 rings (SSSR count). The Hall–Kier alpha value is -2.87. The van der Waals surface area contributed by atoms with Crippen LogP contribution in [0.5, 0.6) is 0 Å². The van der Waals surface area contributed by atoms with Gasteiger partial charge in [0, 0.05) is 32.3 Å². The molecule has 2 aromatic rings. The Morgan fingerprint density at radius 1 is 1.03 bits per heavy atom. The van der Waals surface area contributed by atoms with E-state index in [1.54, 1.807) is 22.7 Å². The Morgan fingerprint density at radius 3 is 2.47 bits per heavy atom. The molecule has 0 amide bonds. The summed E-state index contributed by atoms with van der Waals surface area (Å²) in [6.07, 6.45) is 6.00. The minimum Gasteiger partial charge on any atom is -0.384 e. The summed E-state index contributed by atoms with van der Waals surface area (Å²) in [5, 5.41) is 21.2. The molecule has 5 nitrogen and oxygen atoms in total. The smallest absolute Gasteiger partial charge is 0.161 e. The van der Waals surface area contributed by atoms with E-state index in [4.69, 9.17) is 5.73 Å². The number of nitriles is 2. The summed E-state index contributed by atoms with van der Waals surface area (Å²) in [4.78, 5) is 18.7. The largest absolute Gasteiger partial charge is 0.384 e. The van der Waals surface area contributed by atoms with Gasteiger partial charge in [0.25, 0.3) is 0 Å². The molecule has 174 valence electrons. The van der Waals surface area contributed by atoms with E-state index < -0.39 is 5.92 Å². The molecule has 0 spiro atoms. The van der Waals surface area contributed by atoms with E-state index in [2.05, 4.69) is 39.0 Å². The van der Waals surface area contributed by atoms with Crippen molar-refractivity contribution in [2.75, 3.05) is 4.90 Å². The average molecular weight is 489 g/mol. The zero-order valence-electron chi connectivity index (χ0n) is 19.8. The standard InChI is InChI=1S/C27H28N4OS2/c1-27(2,3)22-12-11-21(33-22)23-17(14-29)25(30)31(18-8-6-9-19(32)24(18)23)26-16(13-28)15-7-4-5-10-20(15)34-26/h11-12,23H,4-10,30H2,1-3H3/t23-/m0/s1. The molecule has 0 saturated heterocycles. The number of nitrogens with zero attached hydrogens (tertiary/aromatic N) is 3. The van der Waals surface area contributed by atoms with E-state index in [-0.39, 0.29) is 11.2 Å². The summed E-state index contributed by atoms with van der Waals surface area (Å²) in [5.41, 5.74) is 10.5. The topological polar surface area (TPSA) is 93.9 Å². The van der Waals surface area contributed by atoms with Crippen LogP contribution in [-0.4, -0.2) is 5.78 Å². The number of hydrogen-bond donors (Lipinski definition) is 1. The minimum absolute atomic E-state index is 0.0167. The van der Waals surface area contributed by atoms with Crippen molar-refractivity contribution in [1.29, 1.82) is 10.5 Å². The molecule has 0 unspecified atom stereocenters. The highest BCUT2D eigenvalue weighted by atomic mass is 32.1. The molecule has 0 saturated carbocycles. The van der Waals surface area contributed by atoms with E-state index in [1.165, 1.54) is 9.75 Å². The molecule has 0 radical (unpaired) electrons. The molecule has 1 atom stereocenters. The lowest BCUT2D eigenvalue weighted by atomic mass is 9.78. The number of nitrogens with two attached hydrogens (primary N) is 1. The minimum atomic E-state index is -0.440. The Labute approximate surface area is 208 Å². The highest BCUT2D eigenvalue weighted by Gasteiger charge is 2.42. The van der Waals surface area contributed by atoms with Crippen molar-refractivity contribution >= 4 is 33.5 Å². The number of hydrogen-bond acceptors (Lipinski definition) is 7. The lowest BCUT2D eigenvalue weighted by molar-refractivity contribution is -0.116. The fourth-order valence-corrected chi connectivity index (χ4v) is 7.90. The Balaban J connectivity index is 1.73. The number of Topliss-reactive ketones (excluding diaryl/α,β-unsaturated/α-hetero) is 1. The Kier molecular flexibility index (Phi) is 5.67. The lowest BCUT2D eigenvalue weighted by Gasteiger charge is -2.38. The maximum absolute atomic E-state index is 13.4. The predicted molar refractivity (Wildman–Crippen MR) is 137 cm³/mol. The van der Waals surface area contributed by atoms with Crippen molar-refractivity contribution in [3.05, 3.63) is 60.6 Å². The first-order valence-electron chi connectivity index (χ1n) is 11.9. The quantitative estimate of drug-likeness (QED) is 0.546. The molecule has 0 aromatic carbocycles. The van der Waals surface area contributed by atoms with E-state index >= 15 is 0 Å². The summed E-state index contributed by atoms with van der Waals surface area (Å²) in [6.45, 7) is 6.50. The highest BCUT2D eigenvalue weighted by molar-refractivity contribution is 7.16. The first kappa shape index (κ1) is 22.9. The van der Waals surface area contributed by atoms with Crippen molar-refractivity contribution in [2.45, 2.75) is 77.0 Å². The van der Waals surface area contributed by atoms with E-state index in [0.29, 0.717) is 35.4 Å². The Morgan fingerprint density at radius 2 is 1.79 bits per heavy atom.